The number of nitrogens with zero attached hydrogens (tertiary/aromatic N) is 2. The van der Waals surface area contributed by atoms with E-state index in [1.54, 1.807) is 0 Å². The Hall–Kier alpha value is -2.70. The largest absolute Gasteiger partial charge is 0.373 e. The van der Waals surface area contributed by atoms with Crippen molar-refractivity contribution >= 4 is 16.8 Å². The highest BCUT2D eigenvalue weighted by Gasteiger charge is 2.27. The van der Waals surface area contributed by atoms with Crippen molar-refractivity contribution in [1.29, 1.82) is 0 Å². The Labute approximate surface area is 171 Å². The minimum absolute atomic E-state index is 0.0691. The summed E-state index contributed by atoms with van der Waals surface area (Å²) in [5.74, 6) is -0.111. The van der Waals surface area contributed by atoms with Crippen molar-refractivity contribution in [2.24, 2.45) is 0 Å². The first kappa shape index (κ1) is 19.6. The quantitative estimate of drug-likeness (QED) is 0.677. The minimum Gasteiger partial charge on any atom is -0.373 e. The van der Waals surface area contributed by atoms with Gasteiger partial charge in [0.1, 0.15) is 5.52 Å². The fourth-order valence-electron chi connectivity index (χ4n) is 3.75. The Bertz CT molecular complexity index is 961. The number of hydrogen-bond donors (Lipinski definition) is 2. The summed E-state index contributed by atoms with van der Waals surface area (Å²) < 4.78 is 7.88. The molecule has 152 valence electrons. The lowest BCUT2D eigenvalue weighted by Crippen LogP contribution is -2.53. The predicted octanol–water partition coefficient (Wildman–Crippen LogP) is 2.95. The van der Waals surface area contributed by atoms with Crippen LogP contribution in [-0.4, -0.2) is 47.5 Å². The van der Waals surface area contributed by atoms with Gasteiger partial charge in [0.2, 0.25) is 0 Å². The van der Waals surface area contributed by atoms with Gasteiger partial charge >= 0.3 is 0 Å². The van der Waals surface area contributed by atoms with Gasteiger partial charge < -0.3 is 15.4 Å². The minimum atomic E-state index is -0.125. The lowest BCUT2D eigenvalue weighted by atomic mass is 9.99. The summed E-state index contributed by atoms with van der Waals surface area (Å²) >= 11 is 0. The van der Waals surface area contributed by atoms with Gasteiger partial charge in [0.05, 0.1) is 24.3 Å². The second-order valence-corrected chi connectivity index (χ2v) is 7.83. The van der Waals surface area contributed by atoms with Gasteiger partial charge in [-0.05, 0) is 31.9 Å². The zero-order chi connectivity index (χ0) is 20.2. The molecule has 6 nitrogen and oxygen atoms in total. The molecular weight excluding hydrogens is 364 g/mol. The maximum Gasteiger partial charge on any atom is 0.253 e. The summed E-state index contributed by atoms with van der Waals surface area (Å²) in [5, 5.41) is 12.2. The molecule has 2 atom stereocenters. The van der Waals surface area contributed by atoms with Crippen molar-refractivity contribution in [2.75, 3.05) is 19.7 Å². The third-order valence-corrected chi connectivity index (χ3v) is 5.35. The highest BCUT2D eigenvalue weighted by Crippen LogP contribution is 2.20. The maximum atomic E-state index is 13.2. The monoisotopic (exact) mass is 392 g/mol. The van der Waals surface area contributed by atoms with Gasteiger partial charge in [-0.2, -0.15) is 5.10 Å². The van der Waals surface area contributed by atoms with Crippen LogP contribution in [0.25, 0.3) is 10.9 Å². The Morgan fingerprint density at radius 1 is 1.24 bits per heavy atom. The van der Waals surface area contributed by atoms with Crippen LogP contribution in [0.15, 0.2) is 54.7 Å². The molecule has 29 heavy (non-hydrogen) atoms. The van der Waals surface area contributed by atoms with Gasteiger partial charge in [0.25, 0.3) is 5.91 Å². The SMILES string of the molecule is CC(C)n1cc2cccc(C(=O)NC(Cc3ccccc3)C3CNCCO3)c2n1. The molecule has 1 aliphatic rings. The van der Waals surface area contributed by atoms with Crippen LogP contribution < -0.4 is 10.6 Å². The average Bonchev–Trinajstić information content (AvgIpc) is 3.19. The standard InChI is InChI=1S/C23H28N4O2/c1-16(2)27-15-18-9-6-10-19(22(18)26-27)23(28)25-20(21-14-24-11-12-29-21)13-17-7-4-3-5-8-17/h3-10,15-16,20-21,24H,11-14H2,1-2H3,(H,25,28). The maximum absolute atomic E-state index is 13.2. The van der Waals surface area contributed by atoms with E-state index < -0.39 is 0 Å². The Morgan fingerprint density at radius 3 is 2.79 bits per heavy atom. The molecule has 0 aliphatic carbocycles. The highest BCUT2D eigenvalue weighted by atomic mass is 16.5. The number of fused-ring (bicyclic) bond motifs is 1. The van der Waals surface area contributed by atoms with Gasteiger partial charge in [0, 0.05) is 30.7 Å². The molecule has 1 fully saturated rings. The predicted molar refractivity (Wildman–Crippen MR) is 114 cm³/mol. The van der Waals surface area contributed by atoms with Crippen LogP contribution in [0.4, 0.5) is 0 Å². The highest BCUT2D eigenvalue weighted by molar-refractivity contribution is 6.05. The topological polar surface area (TPSA) is 68.2 Å². The molecule has 4 rings (SSSR count). The van der Waals surface area contributed by atoms with Crippen molar-refractivity contribution in [2.45, 2.75) is 38.5 Å². The lowest BCUT2D eigenvalue weighted by molar-refractivity contribution is 0.00481. The van der Waals surface area contributed by atoms with Crippen molar-refractivity contribution < 1.29 is 9.53 Å². The summed E-state index contributed by atoms with van der Waals surface area (Å²) in [6, 6.07) is 16.1. The summed E-state index contributed by atoms with van der Waals surface area (Å²) in [6.45, 7) is 6.38. The molecule has 3 aromatic rings. The van der Waals surface area contributed by atoms with E-state index in [0.717, 1.165) is 30.4 Å². The fourth-order valence-corrected chi connectivity index (χ4v) is 3.75. The average molecular weight is 393 g/mol. The van der Waals surface area contributed by atoms with Crippen LogP contribution in [0.3, 0.4) is 0 Å². The Balaban J connectivity index is 1.59. The van der Waals surface area contributed by atoms with Gasteiger partial charge in [-0.1, -0.05) is 42.5 Å². The Kier molecular flexibility index (Phi) is 5.92. The van der Waals surface area contributed by atoms with Crippen molar-refractivity contribution in [3.63, 3.8) is 0 Å². The van der Waals surface area contributed by atoms with Crippen LogP contribution in [0.5, 0.6) is 0 Å². The smallest absolute Gasteiger partial charge is 0.253 e. The van der Waals surface area contributed by atoms with E-state index in [2.05, 4.69) is 41.7 Å². The number of ether oxygens (including phenoxy) is 1. The molecule has 2 aromatic carbocycles. The molecule has 1 amide bonds. The first-order valence-corrected chi connectivity index (χ1v) is 10.3. The number of carbonyl (C=O) groups is 1. The van der Waals surface area contributed by atoms with Crippen molar-refractivity contribution in [3.05, 3.63) is 65.9 Å². The van der Waals surface area contributed by atoms with E-state index in [4.69, 9.17) is 4.74 Å². The van der Waals surface area contributed by atoms with Crippen molar-refractivity contribution in [1.82, 2.24) is 20.4 Å². The fraction of sp³-hybridized carbons (Fsp3) is 0.391. The third kappa shape index (κ3) is 4.49. The summed E-state index contributed by atoms with van der Waals surface area (Å²) in [6.07, 6.45) is 2.64. The zero-order valence-corrected chi connectivity index (χ0v) is 17.0. The lowest BCUT2D eigenvalue weighted by Gasteiger charge is -2.31. The molecule has 0 saturated carbocycles. The molecule has 1 aliphatic heterocycles. The number of amides is 1. The van der Waals surface area contributed by atoms with E-state index in [0.29, 0.717) is 12.2 Å². The number of carbonyl (C=O) groups excluding carboxylic acids is 1. The van der Waals surface area contributed by atoms with Gasteiger partial charge in [-0.25, -0.2) is 0 Å². The summed E-state index contributed by atoms with van der Waals surface area (Å²) in [7, 11) is 0. The summed E-state index contributed by atoms with van der Waals surface area (Å²) in [4.78, 5) is 13.2. The van der Waals surface area contributed by atoms with E-state index in [1.165, 1.54) is 5.56 Å². The van der Waals surface area contributed by atoms with Crippen molar-refractivity contribution in [3.8, 4) is 0 Å². The van der Waals surface area contributed by atoms with Gasteiger partial charge in [-0.15, -0.1) is 0 Å². The molecule has 2 unspecified atom stereocenters. The van der Waals surface area contributed by atoms with Crippen LogP contribution in [0.2, 0.25) is 0 Å². The Morgan fingerprint density at radius 2 is 2.07 bits per heavy atom. The van der Waals surface area contributed by atoms with Crippen LogP contribution in [-0.2, 0) is 11.2 Å². The molecule has 6 heteroatoms. The van der Waals surface area contributed by atoms with Gasteiger partial charge in [-0.3, -0.25) is 9.48 Å². The number of rotatable bonds is 6. The molecular formula is C23H28N4O2. The first-order valence-electron chi connectivity index (χ1n) is 10.3. The summed E-state index contributed by atoms with van der Waals surface area (Å²) in [5.41, 5.74) is 2.51. The van der Waals surface area contributed by atoms with Crippen LogP contribution in [0, 0.1) is 0 Å². The molecule has 2 N–H and O–H groups in total. The number of morpholine rings is 1. The van der Waals surface area contributed by atoms with Crippen LogP contribution >= 0.6 is 0 Å². The second-order valence-electron chi connectivity index (χ2n) is 7.83. The molecule has 0 spiro atoms. The molecule has 0 bridgehead atoms. The molecule has 2 heterocycles. The zero-order valence-electron chi connectivity index (χ0n) is 17.0. The van der Waals surface area contributed by atoms with E-state index in [1.807, 2.05) is 47.3 Å². The number of hydrogen-bond acceptors (Lipinski definition) is 4. The van der Waals surface area contributed by atoms with E-state index in [-0.39, 0.29) is 24.1 Å². The molecule has 1 saturated heterocycles. The third-order valence-electron chi connectivity index (χ3n) is 5.35. The van der Waals surface area contributed by atoms with Crippen LogP contribution in [0.1, 0.15) is 35.8 Å². The second kappa shape index (κ2) is 8.76. The van der Waals surface area contributed by atoms with Gasteiger partial charge in [0.15, 0.2) is 0 Å². The number of nitrogens with one attached hydrogen (secondary N) is 2. The van der Waals surface area contributed by atoms with E-state index in [9.17, 15) is 4.79 Å². The van der Waals surface area contributed by atoms with E-state index >= 15 is 0 Å². The molecule has 0 radical (unpaired) electrons. The first-order chi connectivity index (χ1) is 14.1. The normalized spacial score (nSPS) is 18.1. The molecule has 1 aromatic heterocycles. The number of benzene rings is 2. The number of aromatic nitrogens is 2.